The number of rotatable bonds is 8. The van der Waals surface area contributed by atoms with Gasteiger partial charge in [-0.3, -0.25) is 9.69 Å². The summed E-state index contributed by atoms with van der Waals surface area (Å²) >= 11 is 0. The summed E-state index contributed by atoms with van der Waals surface area (Å²) in [5, 5.41) is 2.95. The lowest BCUT2D eigenvalue weighted by Crippen LogP contribution is -2.35. The van der Waals surface area contributed by atoms with E-state index in [0.717, 1.165) is 25.1 Å². The maximum absolute atomic E-state index is 11.8. The van der Waals surface area contributed by atoms with Crippen LogP contribution in [0.5, 0.6) is 0 Å². The summed E-state index contributed by atoms with van der Waals surface area (Å²) in [5.74, 6) is 0.704. The van der Waals surface area contributed by atoms with Crippen molar-refractivity contribution >= 4 is 5.91 Å². The van der Waals surface area contributed by atoms with Gasteiger partial charge in [0.05, 0.1) is 6.54 Å². The van der Waals surface area contributed by atoms with Crippen LogP contribution in [0.25, 0.3) is 0 Å². The second-order valence-corrected chi connectivity index (χ2v) is 5.73. The monoisotopic (exact) mass is 277 g/mol. The van der Waals surface area contributed by atoms with E-state index in [4.69, 9.17) is 5.73 Å². The molecule has 4 nitrogen and oxygen atoms in total. The highest BCUT2D eigenvalue weighted by molar-refractivity contribution is 5.77. The lowest BCUT2D eigenvalue weighted by atomic mass is 10.1. The van der Waals surface area contributed by atoms with Crippen LogP contribution < -0.4 is 11.1 Å². The number of nitrogens with one attached hydrogen (secondary N) is 1. The smallest absolute Gasteiger partial charge is 0.234 e. The third-order valence-corrected chi connectivity index (χ3v) is 3.14. The number of likely N-dealkylation sites (N-methyl/N-ethyl adjacent to an activating group) is 1. The van der Waals surface area contributed by atoms with Crippen LogP contribution in [0.15, 0.2) is 24.3 Å². The normalized spacial score (nSPS) is 11.1. The van der Waals surface area contributed by atoms with E-state index in [0.29, 0.717) is 19.0 Å². The minimum Gasteiger partial charge on any atom is -0.355 e. The molecule has 1 amide bonds. The summed E-state index contributed by atoms with van der Waals surface area (Å²) in [6, 6.07) is 8.18. The number of carbonyl (C=O) groups excluding carboxylic acids is 1. The quantitative estimate of drug-likeness (QED) is 0.761. The van der Waals surface area contributed by atoms with Gasteiger partial charge in [0.25, 0.3) is 0 Å². The average molecular weight is 277 g/mol. The Morgan fingerprint density at radius 1 is 1.35 bits per heavy atom. The molecule has 0 heterocycles. The molecule has 112 valence electrons. The molecule has 0 aliphatic rings. The minimum absolute atomic E-state index is 0.0862. The Hall–Kier alpha value is -1.39. The lowest BCUT2D eigenvalue weighted by Gasteiger charge is -2.17. The molecule has 0 atom stereocenters. The summed E-state index contributed by atoms with van der Waals surface area (Å²) in [5.41, 5.74) is 7.94. The van der Waals surface area contributed by atoms with Crippen molar-refractivity contribution in [3.63, 3.8) is 0 Å². The van der Waals surface area contributed by atoms with Crippen LogP contribution in [0.2, 0.25) is 0 Å². The molecule has 0 aliphatic carbocycles. The van der Waals surface area contributed by atoms with Crippen LogP contribution in [0, 0.1) is 5.92 Å². The number of hydrogen-bond acceptors (Lipinski definition) is 3. The van der Waals surface area contributed by atoms with E-state index < -0.39 is 0 Å². The van der Waals surface area contributed by atoms with Crippen LogP contribution in [-0.2, 0) is 17.9 Å². The van der Waals surface area contributed by atoms with Crippen molar-refractivity contribution in [2.45, 2.75) is 33.4 Å². The standard InChI is InChI=1S/C16H27N3O/c1-13(2)7-8-18-16(20)12-19(3)11-15-6-4-5-14(9-15)10-17/h4-6,9,13H,7-8,10-12,17H2,1-3H3,(H,18,20). The molecule has 20 heavy (non-hydrogen) atoms. The van der Waals surface area contributed by atoms with Crippen molar-refractivity contribution in [3.8, 4) is 0 Å². The number of hydrogen-bond donors (Lipinski definition) is 2. The largest absolute Gasteiger partial charge is 0.355 e. The first-order chi connectivity index (χ1) is 9.51. The molecule has 0 unspecified atom stereocenters. The average Bonchev–Trinajstić information content (AvgIpc) is 2.38. The molecule has 1 rings (SSSR count). The highest BCUT2D eigenvalue weighted by Crippen LogP contribution is 2.07. The molecule has 4 heteroatoms. The maximum atomic E-state index is 11.8. The summed E-state index contributed by atoms with van der Waals surface area (Å²) in [7, 11) is 1.96. The summed E-state index contributed by atoms with van der Waals surface area (Å²) in [6.07, 6.45) is 1.02. The third kappa shape index (κ3) is 6.68. The van der Waals surface area contributed by atoms with E-state index in [1.54, 1.807) is 0 Å². The van der Waals surface area contributed by atoms with Crippen molar-refractivity contribution in [1.29, 1.82) is 0 Å². The van der Waals surface area contributed by atoms with E-state index in [2.05, 4.69) is 31.3 Å². The zero-order valence-electron chi connectivity index (χ0n) is 12.9. The van der Waals surface area contributed by atoms with Gasteiger partial charge in [0.1, 0.15) is 0 Å². The second-order valence-electron chi connectivity index (χ2n) is 5.73. The van der Waals surface area contributed by atoms with Crippen LogP contribution in [0.4, 0.5) is 0 Å². The number of nitrogens with zero attached hydrogens (tertiary/aromatic N) is 1. The predicted molar refractivity (Wildman–Crippen MR) is 83.1 cm³/mol. The van der Waals surface area contributed by atoms with Crippen LogP contribution in [0.3, 0.4) is 0 Å². The molecule has 0 spiro atoms. The van der Waals surface area contributed by atoms with E-state index in [1.165, 1.54) is 5.56 Å². The molecule has 3 N–H and O–H groups in total. The van der Waals surface area contributed by atoms with Crippen molar-refractivity contribution in [2.75, 3.05) is 20.1 Å². The lowest BCUT2D eigenvalue weighted by molar-refractivity contribution is -0.122. The summed E-state index contributed by atoms with van der Waals surface area (Å²) in [6.45, 7) is 6.79. The molecular formula is C16H27N3O. The SMILES string of the molecule is CC(C)CCNC(=O)CN(C)Cc1cccc(CN)c1. The number of amides is 1. The van der Waals surface area contributed by atoms with E-state index >= 15 is 0 Å². The molecule has 0 saturated heterocycles. The van der Waals surface area contributed by atoms with E-state index in [1.807, 2.05) is 24.1 Å². The third-order valence-electron chi connectivity index (χ3n) is 3.14. The fourth-order valence-electron chi connectivity index (χ4n) is 2.02. The molecule has 0 saturated carbocycles. The number of benzene rings is 1. The maximum Gasteiger partial charge on any atom is 0.234 e. The molecule has 0 radical (unpaired) electrons. The van der Waals surface area contributed by atoms with E-state index in [9.17, 15) is 4.79 Å². The van der Waals surface area contributed by atoms with Crippen LogP contribution in [0.1, 0.15) is 31.4 Å². The van der Waals surface area contributed by atoms with Gasteiger partial charge in [-0.05, 0) is 30.5 Å². The number of carbonyl (C=O) groups is 1. The zero-order valence-corrected chi connectivity index (χ0v) is 12.9. The highest BCUT2D eigenvalue weighted by Gasteiger charge is 2.07. The molecule has 0 aliphatic heterocycles. The molecule has 0 bridgehead atoms. The molecule has 0 fully saturated rings. The fourth-order valence-corrected chi connectivity index (χ4v) is 2.02. The van der Waals surface area contributed by atoms with Gasteiger partial charge in [0, 0.05) is 19.6 Å². The van der Waals surface area contributed by atoms with Crippen molar-refractivity contribution in [1.82, 2.24) is 10.2 Å². The van der Waals surface area contributed by atoms with Crippen LogP contribution >= 0.6 is 0 Å². The molecule has 1 aromatic rings. The summed E-state index contributed by atoms with van der Waals surface area (Å²) < 4.78 is 0. The van der Waals surface area contributed by atoms with Crippen LogP contribution in [-0.4, -0.2) is 30.9 Å². The van der Waals surface area contributed by atoms with Gasteiger partial charge in [0.15, 0.2) is 0 Å². The Labute approximate surface area is 122 Å². The first kappa shape index (κ1) is 16.7. The minimum atomic E-state index is 0.0862. The van der Waals surface area contributed by atoms with Gasteiger partial charge in [-0.25, -0.2) is 0 Å². The predicted octanol–water partition coefficient (Wildman–Crippen LogP) is 1.74. The first-order valence-corrected chi connectivity index (χ1v) is 7.24. The van der Waals surface area contributed by atoms with Gasteiger partial charge < -0.3 is 11.1 Å². The van der Waals surface area contributed by atoms with Crippen molar-refractivity contribution < 1.29 is 4.79 Å². The zero-order chi connectivity index (χ0) is 15.0. The Morgan fingerprint density at radius 2 is 2.05 bits per heavy atom. The first-order valence-electron chi connectivity index (χ1n) is 7.24. The van der Waals surface area contributed by atoms with Gasteiger partial charge in [-0.2, -0.15) is 0 Å². The molecule has 0 aromatic heterocycles. The topological polar surface area (TPSA) is 58.4 Å². The molecule has 1 aromatic carbocycles. The summed E-state index contributed by atoms with van der Waals surface area (Å²) in [4.78, 5) is 13.8. The second kappa shape index (κ2) is 8.72. The van der Waals surface area contributed by atoms with Gasteiger partial charge >= 0.3 is 0 Å². The Bertz CT molecular complexity index is 418. The number of nitrogens with two attached hydrogens (primary N) is 1. The van der Waals surface area contributed by atoms with Gasteiger partial charge in [0.2, 0.25) is 5.91 Å². The molecular weight excluding hydrogens is 250 g/mol. The van der Waals surface area contributed by atoms with Crippen molar-refractivity contribution in [3.05, 3.63) is 35.4 Å². The Balaban J connectivity index is 2.35. The highest BCUT2D eigenvalue weighted by atomic mass is 16.2. The van der Waals surface area contributed by atoms with Gasteiger partial charge in [-0.15, -0.1) is 0 Å². The Morgan fingerprint density at radius 3 is 2.70 bits per heavy atom. The van der Waals surface area contributed by atoms with Gasteiger partial charge in [-0.1, -0.05) is 38.1 Å². The van der Waals surface area contributed by atoms with Crippen molar-refractivity contribution in [2.24, 2.45) is 11.7 Å². The van der Waals surface area contributed by atoms with E-state index in [-0.39, 0.29) is 5.91 Å². The fraction of sp³-hybridized carbons (Fsp3) is 0.562. The Kier molecular flexibility index (Phi) is 7.26.